The van der Waals surface area contributed by atoms with E-state index >= 15 is 0 Å². The van der Waals surface area contributed by atoms with Crippen molar-refractivity contribution in [1.29, 1.82) is 0 Å². The number of rotatable bonds is 6. The van der Waals surface area contributed by atoms with Gasteiger partial charge in [-0.2, -0.15) is 0 Å². The first-order valence-corrected chi connectivity index (χ1v) is 7.70. The number of aryl methyl sites for hydroxylation is 1. The highest BCUT2D eigenvalue weighted by atomic mass is 32.1. The third-order valence-electron chi connectivity index (χ3n) is 3.28. The van der Waals surface area contributed by atoms with E-state index in [1.807, 2.05) is 44.3 Å². The van der Waals surface area contributed by atoms with Gasteiger partial charge in [0.25, 0.3) is 0 Å². The molecule has 0 aliphatic heterocycles. The maximum absolute atomic E-state index is 12.0. The summed E-state index contributed by atoms with van der Waals surface area (Å²) in [4.78, 5) is 18.6. The van der Waals surface area contributed by atoms with Gasteiger partial charge in [0, 0.05) is 18.5 Å². The molecule has 1 unspecified atom stereocenters. The topological polar surface area (TPSA) is 42.4 Å². The van der Waals surface area contributed by atoms with Crippen LogP contribution in [0.1, 0.15) is 22.2 Å². The predicted octanol–water partition coefficient (Wildman–Crippen LogP) is 2.84. The minimum Gasteiger partial charge on any atom is -0.469 e. The number of methoxy groups -OCH3 is 1. The Hall–Kier alpha value is -1.72. The van der Waals surface area contributed by atoms with E-state index in [0.29, 0.717) is 6.54 Å². The molecule has 112 valence electrons. The summed E-state index contributed by atoms with van der Waals surface area (Å²) in [5.74, 6) is -0.483. The van der Waals surface area contributed by atoms with Crippen molar-refractivity contribution in [3.05, 3.63) is 52.0 Å². The van der Waals surface area contributed by atoms with Crippen molar-refractivity contribution in [1.82, 2.24) is 9.88 Å². The third-order valence-corrected chi connectivity index (χ3v) is 4.10. The van der Waals surface area contributed by atoms with Crippen LogP contribution in [-0.2, 0) is 16.1 Å². The lowest BCUT2D eigenvalue weighted by Crippen LogP contribution is -2.29. The van der Waals surface area contributed by atoms with Gasteiger partial charge in [-0.1, -0.05) is 30.3 Å². The second kappa shape index (κ2) is 7.33. The molecule has 0 saturated carbocycles. The highest BCUT2D eigenvalue weighted by Gasteiger charge is 2.23. The van der Waals surface area contributed by atoms with E-state index in [9.17, 15) is 4.79 Å². The molecule has 1 heterocycles. The Morgan fingerprint density at radius 2 is 2.10 bits per heavy atom. The second-order valence-electron chi connectivity index (χ2n) is 5.04. The number of nitrogens with zero attached hydrogens (tertiary/aromatic N) is 2. The summed E-state index contributed by atoms with van der Waals surface area (Å²) in [7, 11) is 3.43. The molecule has 0 radical (unpaired) electrons. The van der Waals surface area contributed by atoms with Crippen LogP contribution in [-0.4, -0.2) is 36.6 Å². The molecule has 0 aliphatic carbocycles. The van der Waals surface area contributed by atoms with Crippen molar-refractivity contribution in [3.8, 4) is 0 Å². The number of carbonyl (C=O) groups is 1. The van der Waals surface area contributed by atoms with Crippen molar-refractivity contribution in [2.24, 2.45) is 0 Å². The van der Waals surface area contributed by atoms with Crippen LogP contribution in [0.15, 0.2) is 35.7 Å². The molecule has 2 aromatic rings. The smallest absolute Gasteiger partial charge is 0.314 e. The molecule has 0 fully saturated rings. The first-order valence-electron chi connectivity index (χ1n) is 6.82. The number of benzene rings is 1. The number of thiazole rings is 1. The van der Waals surface area contributed by atoms with Crippen LogP contribution in [0.5, 0.6) is 0 Å². The first-order chi connectivity index (χ1) is 10.1. The van der Waals surface area contributed by atoms with Crippen molar-refractivity contribution in [2.45, 2.75) is 19.4 Å². The fourth-order valence-electron chi connectivity index (χ4n) is 2.28. The maximum atomic E-state index is 12.0. The second-order valence-corrected chi connectivity index (χ2v) is 6.10. The van der Waals surface area contributed by atoms with Crippen LogP contribution in [0.25, 0.3) is 0 Å². The van der Waals surface area contributed by atoms with Crippen LogP contribution in [0, 0.1) is 6.92 Å². The summed E-state index contributed by atoms with van der Waals surface area (Å²) in [6.07, 6.45) is 0. The number of likely N-dealkylation sites (N-methyl/N-ethyl adjacent to an activating group) is 1. The molecular formula is C16H20N2O2S. The van der Waals surface area contributed by atoms with Gasteiger partial charge in [0.2, 0.25) is 0 Å². The van der Waals surface area contributed by atoms with Crippen molar-refractivity contribution in [2.75, 3.05) is 20.7 Å². The van der Waals surface area contributed by atoms with Crippen LogP contribution < -0.4 is 0 Å². The summed E-state index contributed by atoms with van der Waals surface area (Å²) < 4.78 is 4.94. The molecule has 1 aromatic heterocycles. The number of hydrogen-bond donors (Lipinski definition) is 0. The highest BCUT2D eigenvalue weighted by Crippen LogP contribution is 2.19. The monoisotopic (exact) mass is 304 g/mol. The lowest BCUT2D eigenvalue weighted by molar-refractivity contribution is -0.142. The van der Waals surface area contributed by atoms with E-state index in [2.05, 4.69) is 15.3 Å². The van der Waals surface area contributed by atoms with Crippen LogP contribution in [0.4, 0.5) is 0 Å². The lowest BCUT2D eigenvalue weighted by atomic mass is 9.99. The summed E-state index contributed by atoms with van der Waals surface area (Å²) in [6, 6.07) is 9.74. The molecule has 0 aliphatic rings. The summed E-state index contributed by atoms with van der Waals surface area (Å²) >= 11 is 1.64. The zero-order chi connectivity index (χ0) is 15.2. The van der Waals surface area contributed by atoms with Crippen molar-refractivity contribution < 1.29 is 9.53 Å². The molecule has 0 N–H and O–H groups in total. The van der Waals surface area contributed by atoms with Gasteiger partial charge in [-0.15, -0.1) is 11.3 Å². The van der Waals surface area contributed by atoms with Crippen molar-refractivity contribution in [3.63, 3.8) is 0 Å². The zero-order valence-corrected chi connectivity index (χ0v) is 13.4. The Labute approximate surface area is 129 Å². The lowest BCUT2D eigenvalue weighted by Gasteiger charge is -2.22. The Morgan fingerprint density at radius 3 is 2.67 bits per heavy atom. The average Bonchev–Trinajstić information content (AvgIpc) is 2.90. The van der Waals surface area contributed by atoms with Gasteiger partial charge in [-0.3, -0.25) is 9.69 Å². The first kappa shape index (κ1) is 15.7. The van der Waals surface area contributed by atoms with E-state index < -0.39 is 0 Å². The predicted molar refractivity (Wildman–Crippen MR) is 84.4 cm³/mol. The number of ether oxygens (including phenoxy) is 1. The van der Waals surface area contributed by atoms with Gasteiger partial charge in [-0.25, -0.2) is 4.98 Å². The van der Waals surface area contributed by atoms with Gasteiger partial charge in [0.1, 0.15) is 0 Å². The minimum absolute atomic E-state index is 0.206. The molecule has 1 atom stereocenters. The zero-order valence-electron chi connectivity index (χ0n) is 12.6. The normalized spacial score (nSPS) is 12.4. The molecule has 5 heteroatoms. The Balaban J connectivity index is 2.06. The van der Waals surface area contributed by atoms with Gasteiger partial charge < -0.3 is 4.74 Å². The molecule has 2 rings (SSSR count). The van der Waals surface area contributed by atoms with Gasteiger partial charge >= 0.3 is 5.97 Å². The highest BCUT2D eigenvalue weighted by molar-refractivity contribution is 7.09. The van der Waals surface area contributed by atoms with Gasteiger partial charge in [0.05, 0.1) is 23.7 Å². The molecule has 0 spiro atoms. The standard InChI is InChI=1S/C16H20N2O2S/c1-12-17-14(11-21-12)9-18(2)10-15(16(19)20-3)13-7-5-4-6-8-13/h4-8,11,15H,9-10H2,1-3H3. The van der Waals surface area contributed by atoms with E-state index in [1.54, 1.807) is 11.3 Å². The summed E-state index contributed by atoms with van der Waals surface area (Å²) in [5, 5.41) is 3.12. The number of esters is 1. The largest absolute Gasteiger partial charge is 0.469 e. The Bertz CT molecular complexity index is 583. The SMILES string of the molecule is COC(=O)C(CN(C)Cc1csc(C)n1)c1ccccc1. The van der Waals surface area contributed by atoms with E-state index in [4.69, 9.17) is 4.74 Å². The quantitative estimate of drug-likeness (QED) is 0.770. The number of hydrogen-bond acceptors (Lipinski definition) is 5. The van der Waals surface area contributed by atoms with E-state index in [1.165, 1.54) is 7.11 Å². The number of aromatic nitrogens is 1. The molecule has 1 aromatic carbocycles. The molecule has 4 nitrogen and oxygen atoms in total. The molecule has 0 saturated heterocycles. The summed E-state index contributed by atoms with van der Waals surface area (Å²) in [6.45, 7) is 3.33. The van der Waals surface area contributed by atoms with Gasteiger partial charge in [0.15, 0.2) is 0 Å². The Morgan fingerprint density at radius 1 is 1.38 bits per heavy atom. The third kappa shape index (κ3) is 4.37. The van der Waals surface area contributed by atoms with E-state index in [0.717, 1.165) is 22.8 Å². The van der Waals surface area contributed by atoms with E-state index in [-0.39, 0.29) is 11.9 Å². The minimum atomic E-state index is -0.277. The molecule has 0 bridgehead atoms. The molecule has 21 heavy (non-hydrogen) atoms. The Kier molecular flexibility index (Phi) is 5.47. The number of carbonyl (C=O) groups excluding carboxylic acids is 1. The fourth-order valence-corrected chi connectivity index (χ4v) is 2.88. The van der Waals surface area contributed by atoms with Crippen LogP contribution in [0.3, 0.4) is 0 Å². The average molecular weight is 304 g/mol. The van der Waals surface area contributed by atoms with Crippen LogP contribution in [0.2, 0.25) is 0 Å². The summed E-state index contributed by atoms with van der Waals surface area (Å²) in [5.41, 5.74) is 2.02. The molecular weight excluding hydrogens is 284 g/mol. The van der Waals surface area contributed by atoms with Crippen LogP contribution >= 0.6 is 11.3 Å². The molecule has 0 amide bonds. The fraction of sp³-hybridized carbons (Fsp3) is 0.375. The van der Waals surface area contributed by atoms with Gasteiger partial charge in [-0.05, 0) is 19.5 Å². The maximum Gasteiger partial charge on any atom is 0.314 e. The van der Waals surface area contributed by atoms with Crippen molar-refractivity contribution >= 4 is 17.3 Å².